The van der Waals surface area contributed by atoms with E-state index in [0.29, 0.717) is 31.3 Å². The molecule has 1 unspecified atom stereocenters. The molecule has 1 saturated heterocycles. The van der Waals surface area contributed by atoms with Crippen LogP contribution in [-0.4, -0.2) is 58.6 Å². The van der Waals surface area contributed by atoms with Crippen LogP contribution in [-0.2, 0) is 35.7 Å². The zero-order chi connectivity index (χ0) is 24.4. The van der Waals surface area contributed by atoms with Crippen LogP contribution in [0.3, 0.4) is 0 Å². The zero-order valence-corrected chi connectivity index (χ0v) is 20.5. The fraction of sp³-hybridized carbons (Fsp3) is 0.423. The summed E-state index contributed by atoms with van der Waals surface area (Å²) in [6.07, 6.45) is 4.77. The molecule has 0 radical (unpaired) electrons. The average molecular weight is 501 g/mol. The smallest absolute Gasteiger partial charge is 0.126 e. The van der Waals surface area contributed by atoms with Gasteiger partial charge < -0.3 is 24.5 Å². The third-order valence-corrected chi connectivity index (χ3v) is 7.10. The second-order valence-electron chi connectivity index (χ2n) is 9.21. The first-order valence-corrected chi connectivity index (χ1v) is 12.2. The molecule has 3 aromatic rings. The van der Waals surface area contributed by atoms with Crippen LogP contribution in [0.1, 0.15) is 23.2 Å². The van der Waals surface area contributed by atoms with Crippen molar-refractivity contribution in [1.29, 1.82) is 0 Å². The van der Waals surface area contributed by atoms with Crippen LogP contribution in [0.5, 0.6) is 0 Å². The number of aliphatic hydroxyl groups is 1. The Morgan fingerprint density at radius 3 is 2.94 bits per heavy atom. The van der Waals surface area contributed by atoms with Gasteiger partial charge in [0, 0.05) is 62.6 Å². The summed E-state index contributed by atoms with van der Waals surface area (Å²) in [5, 5.41) is 13.8. The number of benzene rings is 1. The molecule has 2 N–H and O–H groups in total. The van der Waals surface area contributed by atoms with Crippen molar-refractivity contribution in [2.24, 2.45) is 0 Å². The number of anilines is 1. The van der Waals surface area contributed by atoms with E-state index in [9.17, 15) is 9.50 Å². The molecule has 0 spiro atoms. The van der Waals surface area contributed by atoms with Crippen LogP contribution in [0.25, 0.3) is 11.1 Å². The highest BCUT2D eigenvalue weighted by Crippen LogP contribution is 2.33. The normalized spacial score (nSPS) is 20.2. The third-order valence-electron chi connectivity index (χ3n) is 6.79. The molecule has 7 nitrogen and oxygen atoms in total. The highest BCUT2D eigenvalue weighted by Gasteiger charge is 2.28. The molecule has 1 aromatic carbocycles. The van der Waals surface area contributed by atoms with Crippen molar-refractivity contribution in [3.8, 4) is 11.1 Å². The minimum atomic E-state index is -0.302. The molecule has 0 bridgehead atoms. The molecule has 4 heterocycles. The van der Waals surface area contributed by atoms with Crippen molar-refractivity contribution in [3.05, 3.63) is 70.4 Å². The number of ether oxygens (including phenoxy) is 2. The highest BCUT2D eigenvalue weighted by atomic mass is 35.5. The Balaban J connectivity index is 1.40. The molecule has 2 aliphatic heterocycles. The lowest BCUT2D eigenvalue weighted by Gasteiger charge is -2.36. The SMILES string of the molecule is COC[C@H]1Cn2cc(-c3cc(NC4CCOC4)ncc3Cl)cc2CN1Cc1cc(F)ccc1CO. The predicted molar refractivity (Wildman–Crippen MR) is 133 cm³/mol. The average Bonchev–Trinajstić information content (AvgIpc) is 3.50. The number of hydrogen-bond acceptors (Lipinski definition) is 6. The van der Waals surface area contributed by atoms with Gasteiger partial charge in [0.25, 0.3) is 0 Å². The Morgan fingerprint density at radius 1 is 1.29 bits per heavy atom. The molecule has 2 aromatic heterocycles. The Hall–Kier alpha value is -2.49. The van der Waals surface area contributed by atoms with E-state index in [2.05, 4.69) is 32.0 Å². The van der Waals surface area contributed by atoms with Crippen molar-refractivity contribution in [3.63, 3.8) is 0 Å². The second-order valence-corrected chi connectivity index (χ2v) is 9.62. The largest absolute Gasteiger partial charge is 0.392 e. The summed E-state index contributed by atoms with van der Waals surface area (Å²) in [5.74, 6) is 0.481. The molecule has 2 atom stereocenters. The summed E-state index contributed by atoms with van der Waals surface area (Å²) in [6.45, 7) is 3.80. The van der Waals surface area contributed by atoms with E-state index in [1.807, 2.05) is 6.07 Å². The Labute approximate surface area is 209 Å². The number of nitrogens with one attached hydrogen (secondary N) is 1. The molecular weight excluding hydrogens is 471 g/mol. The summed E-state index contributed by atoms with van der Waals surface area (Å²) >= 11 is 6.56. The third kappa shape index (κ3) is 5.37. The molecular formula is C26H30ClFN4O3. The zero-order valence-electron chi connectivity index (χ0n) is 19.7. The van der Waals surface area contributed by atoms with Gasteiger partial charge in [0.2, 0.25) is 0 Å². The maximum absolute atomic E-state index is 14.0. The molecule has 35 heavy (non-hydrogen) atoms. The number of pyridine rings is 1. The fourth-order valence-corrected chi connectivity index (χ4v) is 5.14. The highest BCUT2D eigenvalue weighted by molar-refractivity contribution is 6.33. The molecule has 0 aliphatic carbocycles. The summed E-state index contributed by atoms with van der Waals surface area (Å²) in [4.78, 5) is 6.72. The molecule has 9 heteroatoms. The maximum atomic E-state index is 14.0. The van der Waals surface area contributed by atoms with Crippen molar-refractivity contribution in [1.82, 2.24) is 14.5 Å². The maximum Gasteiger partial charge on any atom is 0.126 e. The summed E-state index contributed by atoms with van der Waals surface area (Å²) < 4.78 is 27.2. The standard InChI is InChI=1S/C26H30ClFN4O3/c1-34-16-23-13-31-11-19(24-8-26(29-9-25(24)27)30-21-4-5-35-15-21)7-22(31)12-32(23)10-18-6-20(28)3-2-17(18)14-33/h2-3,6-9,11,21,23,33H,4-5,10,12-16H2,1H3,(H,29,30)/t21?,23-/m1/s1. The van der Waals surface area contributed by atoms with Gasteiger partial charge in [0.15, 0.2) is 0 Å². The van der Waals surface area contributed by atoms with Crippen LogP contribution in [0, 0.1) is 5.82 Å². The minimum absolute atomic E-state index is 0.107. The van der Waals surface area contributed by atoms with Gasteiger partial charge in [-0.15, -0.1) is 0 Å². The van der Waals surface area contributed by atoms with E-state index in [4.69, 9.17) is 21.1 Å². The fourth-order valence-electron chi connectivity index (χ4n) is 4.93. The van der Waals surface area contributed by atoms with E-state index in [1.54, 1.807) is 19.4 Å². The van der Waals surface area contributed by atoms with Gasteiger partial charge in [-0.05, 0) is 41.8 Å². The lowest BCUT2D eigenvalue weighted by Crippen LogP contribution is -2.44. The number of fused-ring (bicyclic) bond motifs is 1. The monoisotopic (exact) mass is 500 g/mol. The Morgan fingerprint density at radius 2 is 2.17 bits per heavy atom. The number of halogens is 2. The van der Waals surface area contributed by atoms with Crippen LogP contribution in [0.2, 0.25) is 5.02 Å². The molecule has 2 aliphatic rings. The van der Waals surface area contributed by atoms with Gasteiger partial charge in [-0.25, -0.2) is 9.37 Å². The first-order valence-electron chi connectivity index (χ1n) is 11.8. The minimum Gasteiger partial charge on any atom is -0.392 e. The second kappa shape index (κ2) is 10.6. The van der Waals surface area contributed by atoms with Crippen molar-refractivity contribution in [2.45, 2.75) is 44.7 Å². The molecule has 0 saturated carbocycles. The van der Waals surface area contributed by atoms with E-state index in [1.165, 1.54) is 12.1 Å². The topological polar surface area (TPSA) is 71.8 Å². The van der Waals surface area contributed by atoms with Crippen molar-refractivity contribution in [2.75, 3.05) is 32.2 Å². The van der Waals surface area contributed by atoms with Crippen LogP contribution < -0.4 is 5.32 Å². The first kappa shape index (κ1) is 24.2. The van der Waals surface area contributed by atoms with Gasteiger partial charge in [0.05, 0.1) is 36.9 Å². The van der Waals surface area contributed by atoms with Gasteiger partial charge in [-0.1, -0.05) is 17.7 Å². The van der Waals surface area contributed by atoms with Gasteiger partial charge in [0.1, 0.15) is 11.6 Å². The number of methoxy groups -OCH3 is 1. The number of aliphatic hydroxyl groups excluding tert-OH is 1. The Bertz CT molecular complexity index is 1180. The molecule has 0 amide bonds. The van der Waals surface area contributed by atoms with E-state index < -0.39 is 0 Å². The molecule has 186 valence electrons. The molecule has 1 fully saturated rings. The van der Waals surface area contributed by atoms with Crippen LogP contribution >= 0.6 is 11.6 Å². The number of aromatic nitrogens is 2. The van der Waals surface area contributed by atoms with Gasteiger partial charge in [-0.3, -0.25) is 4.90 Å². The number of rotatable bonds is 8. The number of hydrogen-bond donors (Lipinski definition) is 2. The summed E-state index contributed by atoms with van der Waals surface area (Å²) in [6, 6.07) is 9.05. The van der Waals surface area contributed by atoms with Crippen LogP contribution in [0.15, 0.2) is 42.7 Å². The van der Waals surface area contributed by atoms with E-state index >= 15 is 0 Å². The lowest BCUT2D eigenvalue weighted by atomic mass is 10.0. The first-order chi connectivity index (χ1) is 17.0. The quantitative estimate of drug-likeness (QED) is 0.486. The summed E-state index contributed by atoms with van der Waals surface area (Å²) in [5.41, 5.74) is 4.62. The van der Waals surface area contributed by atoms with E-state index in [0.717, 1.165) is 53.3 Å². The van der Waals surface area contributed by atoms with Gasteiger partial charge in [-0.2, -0.15) is 0 Å². The Kier molecular flexibility index (Phi) is 7.36. The predicted octanol–water partition coefficient (Wildman–Crippen LogP) is 4.07. The van der Waals surface area contributed by atoms with Crippen molar-refractivity contribution < 1.29 is 19.0 Å². The van der Waals surface area contributed by atoms with Crippen LogP contribution in [0.4, 0.5) is 10.2 Å². The summed E-state index contributed by atoms with van der Waals surface area (Å²) in [7, 11) is 1.69. The number of nitrogens with zero attached hydrogens (tertiary/aromatic N) is 3. The molecule has 5 rings (SSSR count). The van der Waals surface area contributed by atoms with E-state index in [-0.39, 0.29) is 24.5 Å². The van der Waals surface area contributed by atoms with Crippen molar-refractivity contribution >= 4 is 17.4 Å². The lowest BCUT2D eigenvalue weighted by molar-refractivity contribution is 0.0536. The van der Waals surface area contributed by atoms with Gasteiger partial charge >= 0.3 is 0 Å².